The second-order valence-corrected chi connectivity index (χ2v) is 8.73. The van der Waals surface area contributed by atoms with Gasteiger partial charge in [0.15, 0.2) is 5.43 Å². The number of amides is 1. The fourth-order valence-electron chi connectivity index (χ4n) is 3.75. The van der Waals surface area contributed by atoms with Crippen LogP contribution in [0.2, 0.25) is 10.0 Å². The Kier molecular flexibility index (Phi) is 6.68. The number of para-hydroxylation sites is 1. The minimum absolute atomic E-state index is 0.0369. The van der Waals surface area contributed by atoms with E-state index in [9.17, 15) is 9.59 Å². The smallest absolute Gasteiger partial charge is 0.261 e. The lowest BCUT2D eigenvalue weighted by Crippen LogP contribution is -2.27. The van der Waals surface area contributed by atoms with E-state index in [4.69, 9.17) is 23.2 Å². The standard InChI is InChI=1S/C27H22Cl2N2O2/c1-17-10-12-19(13-11-17)16-31-18(2)14-24(32)25(26(31)20-6-5-7-21(28)15-20)27(33)30-23-9-4-3-8-22(23)29/h3-15H,16H2,1-2H3,(H,30,33). The molecule has 0 atom stereocenters. The van der Waals surface area contributed by atoms with Gasteiger partial charge in [-0.3, -0.25) is 9.59 Å². The molecule has 0 aliphatic carbocycles. The van der Waals surface area contributed by atoms with Crippen LogP contribution in [0.1, 0.15) is 27.2 Å². The van der Waals surface area contributed by atoms with Gasteiger partial charge in [0.25, 0.3) is 5.91 Å². The van der Waals surface area contributed by atoms with E-state index in [2.05, 4.69) is 5.32 Å². The predicted molar refractivity (Wildman–Crippen MR) is 136 cm³/mol. The molecule has 0 aliphatic heterocycles. The normalized spacial score (nSPS) is 10.8. The van der Waals surface area contributed by atoms with Gasteiger partial charge in [-0.15, -0.1) is 0 Å². The Morgan fingerprint density at radius 2 is 1.64 bits per heavy atom. The van der Waals surface area contributed by atoms with Crippen molar-refractivity contribution in [3.8, 4) is 11.3 Å². The molecule has 0 spiro atoms. The van der Waals surface area contributed by atoms with E-state index in [-0.39, 0.29) is 11.0 Å². The number of nitrogens with one attached hydrogen (secondary N) is 1. The number of rotatable bonds is 5. The van der Waals surface area contributed by atoms with Crippen molar-refractivity contribution in [2.75, 3.05) is 5.32 Å². The first-order valence-electron chi connectivity index (χ1n) is 10.5. The van der Waals surface area contributed by atoms with Gasteiger partial charge in [-0.05, 0) is 43.7 Å². The van der Waals surface area contributed by atoms with Crippen LogP contribution in [0.4, 0.5) is 5.69 Å². The van der Waals surface area contributed by atoms with E-state index in [1.54, 1.807) is 42.5 Å². The van der Waals surface area contributed by atoms with Crippen molar-refractivity contribution in [3.05, 3.63) is 122 Å². The summed E-state index contributed by atoms with van der Waals surface area (Å²) < 4.78 is 1.97. The average molecular weight is 477 g/mol. The second-order valence-electron chi connectivity index (χ2n) is 7.89. The van der Waals surface area contributed by atoms with E-state index in [1.165, 1.54) is 6.07 Å². The minimum atomic E-state index is -0.527. The Balaban J connectivity index is 1.91. The fourth-order valence-corrected chi connectivity index (χ4v) is 4.12. The molecule has 1 aromatic heterocycles. The van der Waals surface area contributed by atoms with Gasteiger partial charge in [0, 0.05) is 28.9 Å². The van der Waals surface area contributed by atoms with E-state index in [1.807, 2.05) is 48.7 Å². The van der Waals surface area contributed by atoms with E-state index in [0.29, 0.717) is 33.5 Å². The van der Waals surface area contributed by atoms with E-state index in [0.717, 1.165) is 16.8 Å². The van der Waals surface area contributed by atoms with Gasteiger partial charge in [0.05, 0.1) is 16.4 Å². The number of carbonyl (C=O) groups is 1. The lowest BCUT2D eigenvalue weighted by molar-refractivity contribution is 0.102. The maximum Gasteiger partial charge on any atom is 0.261 e. The van der Waals surface area contributed by atoms with Crippen LogP contribution in [0.3, 0.4) is 0 Å². The van der Waals surface area contributed by atoms with Crippen molar-refractivity contribution in [3.63, 3.8) is 0 Å². The number of hydrogen-bond donors (Lipinski definition) is 1. The van der Waals surface area contributed by atoms with Gasteiger partial charge in [-0.25, -0.2) is 0 Å². The molecule has 0 bridgehead atoms. The maximum absolute atomic E-state index is 13.4. The Hall–Kier alpha value is -3.34. The molecular weight excluding hydrogens is 455 g/mol. The van der Waals surface area contributed by atoms with Crippen LogP contribution < -0.4 is 10.7 Å². The lowest BCUT2D eigenvalue weighted by Gasteiger charge is -2.21. The summed E-state index contributed by atoms with van der Waals surface area (Å²) in [6, 6.07) is 23.7. The van der Waals surface area contributed by atoms with Crippen molar-refractivity contribution in [1.82, 2.24) is 4.57 Å². The fraction of sp³-hybridized carbons (Fsp3) is 0.111. The summed E-state index contributed by atoms with van der Waals surface area (Å²) in [7, 11) is 0. The minimum Gasteiger partial charge on any atom is -0.340 e. The molecule has 1 heterocycles. The van der Waals surface area contributed by atoms with Crippen LogP contribution in [-0.4, -0.2) is 10.5 Å². The molecule has 4 aromatic rings. The molecule has 1 amide bonds. The quantitative estimate of drug-likeness (QED) is 0.346. The highest BCUT2D eigenvalue weighted by atomic mass is 35.5. The highest BCUT2D eigenvalue weighted by Gasteiger charge is 2.23. The topological polar surface area (TPSA) is 51.1 Å². The van der Waals surface area contributed by atoms with Gasteiger partial charge in [-0.2, -0.15) is 0 Å². The monoisotopic (exact) mass is 476 g/mol. The zero-order valence-corrected chi connectivity index (χ0v) is 19.7. The first-order chi connectivity index (χ1) is 15.8. The zero-order chi connectivity index (χ0) is 23.5. The highest BCUT2D eigenvalue weighted by molar-refractivity contribution is 6.34. The molecule has 0 radical (unpaired) electrons. The molecule has 166 valence electrons. The molecule has 0 saturated carbocycles. The maximum atomic E-state index is 13.4. The van der Waals surface area contributed by atoms with Crippen LogP contribution in [0, 0.1) is 13.8 Å². The van der Waals surface area contributed by atoms with Crippen LogP contribution in [0.25, 0.3) is 11.3 Å². The summed E-state index contributed by atoms with van der Waals surface area (Å²) >= 11 is 12.5. The van der Waals surface area contributed by atoms with Crippen molar-refractivity contribution in [1.29, 1.82) is 0 Å². The number of carbonyl (C=O) groups excluding carboxylic acids is 1. The highest BCUT2D eigenvalue weighted by Crippen LogP contribution is 2.28. The Morgan fingerprint density at radius 1 is 0.909 bits per heavy atom. The molecule has 0 saturated heterocycles. The average Bonchev–Trinajstić information content (AvgIpc) is 2.78. The van der Waals surface area contributed by atoms with Crippen LogP contribution in [-0.2, 0) is 6.54 Å². The van der Waals surface area contributed by atoms with Gasteiger partial charge in [0.1, 0.15) is 5.56 Å². The van der Waals surface area contributed by atoms with Gasteiger partial charge < -0.3 is 9.88 Å². The first kappa shape index (κ1) is 22.8. The number of anilines is 1. The predicted octanol–water partition coefficient (Wildman–Crippen LogP) is 6.74. The van der Waals surface area contributed by atoms with Crippen LogP contribution >= 0.6 is 23.2 Å². The first-order valence-corrected chi connectivity index (χ1v) is 11.2. The molecule has 0 unspecified atom stereocenters. The molecule has 1 N–H and O–H groups in total. The number of aromatic nitrogens is 1. The summed E-state index contributed by atoms with van der Waals surface area (Å²) in [6.07, 6.45) is 0. The molecule has 6 heteroatoms. The van der Waals surface area contributed by atoms with E-state index < -0.39 is 5.91 Å². The number of benzene rings is 3. The van der Waals surface area contributed by atoms with E-state index >= 15 is 0 Å². The Morgan fingerprint density at radius 3 is 2.33 bits per heavy atom. The number of halogens is 2. The molecule has 0 fully saturated rings. The summed E-state index contributed by atoms with van der Waals surface area (Å²) in [5.41, 5.74) is 4.24. The Labute approximate surface area is 202 Å². The molecule has 33 heavy (non-hydrogen) atoms. The van der Waals surface area contributed by atoms with Crippen molar-refractivity contribution in [2.24, 2.45) is 0 Å². The SMILES string of the molecule is Cc1ccc(Cn2c(C)cc(=O)c(C(=O)Nc3ccccc3Cl)c2-c2cccc(Cl)c2)cc1. The molecule has 4 nitrogen and oxygen atoms in total. The Bertz CT molecular complexity index is 1390. The largest absolute Gasteiger partial charge is 0.340 e. The third kappa shape index (κ3) is 5.03. The third-order valence-electron chi connectivity index (χ3n) is 5.43. The molecular formula is C27H22Cl2N2O2. The lowest BCUT2D eigenvalue weighted by atomic mass is 10.0. The van der Waals surface area contributed by atoms with Gasteiger partial charge >= 0.3 is 0 Å². The zero-order valence-electron chi connectivity index (χ0n) is 18.2. The third-order valence-corrected chi connectivity index (χ3v) is 5.99. The summed E-state index contributed by atoms with van der Waals surface area (Å²) in [4.78, 5) is 26.6. The second kappa shape index (κ2) is 9.65. The molecule has 0 aliphatic rings. The van der Waals surface area contributed by atoms with Crippen molar-refractivity contribution in [2.45, 2.75) is 20.4 Å². The summed E-state index contributed by atoms with van der Waals surface area (Å²) in [6.45, 7) is 4.38. The molecule has 4 rings (SSSR count). The van der Waals surface area contributed by atoms with Gasteiger partial charge in [0.2, 0.25) is 0 Å². The number of aryl methyl sites for hydroxylation is 2. The van der Waals surface area contributed by atoms with Crippen molar-refractivity contribution >= 4 is 34.8 Å². The van der Waals surface area contributed by atoms with Crippen molar-refractivity contribution < 1.29 is 4.79 Å². The van der Waals surface area contributed by atoms with Crippen LogP contribution in [0.5, 0.6) is 0 Å². The number of nitrogens with zero attached hydrogens (tertiary/aromatic N) is 1. The summed E-state index contributed by atoms with van der Waals surface area (Å²) in [5.74, 6) is -0.527. The van der Waals surface area contributed by atoms with Crippen LogP contribution in [0.15, 0.2) is 83.7 Å². The number of hydrogen-bond acceptors (Lipinski definition) is 2. The molecule has 3 aromatic carbocycles. The number of pyridine rings is 1. The van der Waals surface area contributed by atoms with Gasteiger partial charge in [-0.1, -0.05) is 77.3 Å². The summed E-state index contributed by atoms with van der Waals surface area (Å²) in [5, 5.41) is 3.70.